The summed E-state index contributed by atoms with van der Waals surface area (Å²) in [4.78, 5) is 31.2. The van der Waals surface area contributed by atoms with Crippen molar-refractivity contribution in [3.8, 4) is 0 Å². The molecule has 0 aromatic heterocycles. The lowest BCUT2D eigenvalue weighted by atomic mass is 10.1. The van der Waals surface area contributed by atoms with E-state index < -0.39 is 0 Å². The van der Waals surface area contributed by atoms with Crippen LogP contribution in [0.2, 0.25) is 10.0 Å². The second-order valence-corrected chi connectivity index (χ2v) is 9.29. The van der Waals surface area contributed by atoms with Crippen LogP contribution in [-0.2, 0) is 14.3 Å². The summed E-state index contributed by atoms with van der Waals surface area (Å²) in [5.74, 6) is 0.0368. The normalized spacial score (nSPS) is 20.7. The van der Waals surface area contributed by atoms with Crippen LogP contribution in [0.3, 0.4) is 0 Å². The van der Waals surface area contributed by atoms with Crippen LogP contribution in [0.15, 0.2) is 24.3 Å². The van der Waals surface area contributed by atoms with Crippen molar-refractivity contribution in [1.29, 1.82) is 0 Å². The number of unbranched alkanes of at least 4 members (excludes halogenated alkanes) is 1. The highest BCUT2D eigenvalue weighted by atomic mass is 35.5. The molecule has 1 atom stereocenters. The molecular formula is C24H33Cl2N3O3. The lowest BCUT2D eigenvalue weighted by Crippen LogP contribution is -2.40. The zero-order valence-electron chi connectivity index (χ0n) is 18.8. The Morgan fingerprint density at radius 1 is 1.12 bits per heavy atom. The van der Waals surface area contributed by atoms with Crippen molar-refractivity contribution in [2.24, 2.45) is 0 Å². The third-order valence-corrected chi connectivity index (χ3v) is 6.95. The van der Waals surface area contributed by atoms with Crippen LogP contribution in [0.5, 0.6) is 0 Å². The van der Waals surface area contributed by atoms with Crippen molar-refractivity contribution in [3.05, 3.63) is 39.9 Å². The number of carbonyl (C=O) groups excluding carboxylic acids is 2. The van der Waals surface area contributed by atoms with Gasteiger partial charge in [0.15, 0.2) is 0 Å². The van der Waals surface area contributed by atoms with E-state index in [1.165, 1.54) is 12.5 Å². The lowest BCUT2D eigenvalue weighted by molar-refractivity contribution is -0.130. The standard InChI is InChI=1S/C24H33Cl2N3O3/c1-32-20-5-4-12-27(18-20)11-2-3-13-28-15-16-29(14-10-24(28)31)23(30)9-7-19-6-8-21(25)22(26)17-19/h6-9,17,20H,2-5,10-16,18H2,1H3/b9-7+. The molecule has 0 aliphatic carbocycles. The largest absolute Gasteiger partial charge is 0.380 e. The van der Waals surface area contributed by atoms with E-state index >= 15 is 0 Å². The Bertz CT molecular complexity index is 818. The molecular weight excluding hydrogens is 449 g/mol. The summed E-state index contributed by atoms with van der Waals surface area (Å²) in [5, 5.41) is 0.937. The van der Waals surface area contributed by atoms with E-state index in [1.54, 1.807) is 30.2 Å². The fraction of sp³-hybridized carbons (Fsp3) is 0.583. The highest BCUT2D eigenvalue weighted by Gasteiger charge is 2.23. The molecule has 8 heteroatoms. The first-order chi connectivity index (χ1) is 15.5. The minimum Gasteiger partial charge on any atom is -0.380 e. The van der Waals surface area contributed by atoms with Crippen LogP contribution in [0.1, 0.15) is 37.7 Å². The zero-order valence-corrected chi connectivity index (χ0v) is 20.3. The minimum absolute atomic E-state index is 0.0940. The Kier molecular flexibility index (Phi) is 9.85. The number of hydrogen-bond donors (Lipinski definition) is 0. The van der Waals surface area contributed by atoms with Crippen LogP contribution >= 0.6 is 23.2 Å². The first-order valence-corrected chi connectivity index (χ1v) is 12.2. The summed E-state index contributed by atoms with van der Waals surface area (Å²) in [5.41, 5.74) is 0.811. The molecule has 1 unspecified atom stereocenters. The number of hydrogen-bond acceptors (Lipinski definition) is 4. The first kappa shape index (κ1) is 25.0. The number of rotatable bonds is 8. The van der Waals surface area contributed by atoms with Gasteiger partial charge in [-0.25, -0.2) is 0 Å². The maximum absolute atomic E-state index is 12.6. The van der Waals surface area contributed by atoms with Crippen molar-refractivity contribution in [1.82, 2.24) is 14.7 Å². The van der Waals surface area contributed by atoms with Crippen LogP contribution in [0, 0.1) is 0 Å². The molecule has 2 fully saturated rings. The zero-order chi connectivity index (χ0) is 22.9. The number of ether oxygens (including phenoxy) is 1. The minimum atomic E-state index is -0.0940. The highest BCUT2D eigenvalue weighted by Crippen LogP contribution is 2.23. The SMILES string of the molecule is COC1CCCN(CCCCN2CCN(C(=O)/C=C/c3ccc(Cl)c(Cl)c3)CCC2=O)C1. The van der Waals surface area contributed by atoms with Crippen LogP contribution in [0.4, 0.5) is 0 Å². The monoisotopic (exact) mass is 481 g/mol. The molecule has 2 amide bonds. The summed E-state index contributed by atoms with van der Waals surface area (Å²) in [6, 6.07) is 5.24. The Hall–Kier alpha value is -1.60. The van der Waals surface area contributed by atoms with Crippen molar-refractivity contribution in [3.63, 3.8) is 0 Å². The molecule has 2 aliphatic rings. The number of piperidine rings is 1. The van der Waals surface area contributed by atoms with E-state index in [0.29, 0.717) is 42.2 Å². The Balaban J connectivity index is 1.41. The van der Waals surface area contributed by atoms with Gasteiger partial charge >= 0.3 is 0 Å². The molecule has 3 rings (SSSR count). The maximum Gasteiger partial charge on any atom is 0.246 e. The smallest absolute Gasteiger partial charge is 0.246 e. The number of benzene rings is 1. The van der Waals surface area contributed by atoms with E-state index in [9.17, 15) is 9.59 Å². The average molecular weight is 482 g/mol. The van der Waals surface area contributed by atoms with Gasteiger partial charge in [0.2, 0.25) is 11.8 Å². The summed E-state index contributed by atoms with van der Waals surface area (Å²) < 4.78 is 5.49. The molecule has 176 valence electrons. The second-order valence-electron chi connectivity index (χ2n) is 8.47. The number of halogens is 2. The van der Waals surface area contributed by atoms with Crippen LogP contribution in [0.25, 0.3) is 6.08 Å². The van der Waals surface area contributed by atoms with Crippen molar-refractivity contribution >= 4 is 41.1 Å². The second kappa shape index (κ2) is 12.6. The molecule has 0 radical (unpaired) electrons. The molecule has 6 nitrogen and oxygen atoms in total. The van der Waals surface area contributed by atoms with Gasteiger partial charge in [0.05, 0.1) is 16.1 Å². The number of likely N-dealkylation sites (tertiary alicyclic amines) is 1. The fourth-order valence-corrected chi connectivity index (χ4v) is 4.57. The number of amides is 2. The molecule has 0 spiro atoms. The highest BCUT2D eigenvalue weighted by molar-refractivity contribution is 6.42. The van der Waals surface area contributed by atoms with E-state index in [2.05, 4.69) is 4.90 Å². The number of methoxy groups -OCH3 is 1. The topological polar surface area (TPSA) is 53.1 Å². The molecule has 2 aliphatic heterocycles. The molecule has 2 heterocycles. The Morgan fingerprint density at radius 3 is 2.72 bits per heavy atom. The molecule has 0 bridgehead atoms. The molecule has 0 N–H and O–H groups in total. The van der Waals surface area contributed by atoms with Crippen molar-refractivity contribution in [2.75, 3.05) is 52.9 Å². The van der Waals surface area contributed by atoms with Gasteiger partial charge in [-0.3, -0.25) is 9.59 Å². The third kappa shape index (κ3) is 7.48. The predicted molar refractivity (Wildman–Crippen MR) is 129 cm³/mol. The van der Waals surface area contributed by atoms with Crippen LogP contribution in [-0.4, -0.2) is 85.5 Å². The Labute approximate surface area is 201 Å². The number of nitrogens with zero attached hydrogens (tertiary/aromatic N) is 3. The van der Waals surface area contributed by atoms with E-state index in [-0.39, 0.29) is 11.8 Å². The van der Waals surface area contributed by atoms with Crippen LogP contribution < -0.4 is 0 Å². The van der Waals surface area contributed by atoms with Gasteiger partial charge in [0.1, 0.15) is 0 Å². The van der Waals surface area contributed by atoms with Gasteiger partial charge in [0, 0.05) is 52.3 Å². The fourth-order valence-electron chi connectivity index (χ4n) is 4.26. The quantitative estimate of drug-likeness (QED) is 0.416. The van der Waals surface area contributed by atoms with Gasteiger partial charge < -0.3 is 19.4 Å². The molecule has 0 saturated carbocycles. The first-order valence-electron chi connectivity index (χ1n) is 11.4. The predicted octanol–water partition coefficient (Wildman–Crippen LogP) is 3.96. The Morgan fingerprint density at radius 2 is 1.94 bits per heavy atom. The molecule has 1 aromatic carbocycles. The van der Waals surface area contributed by atoms with E-state index in [0.717, 1.165) is 51.0 Å². The summed E-state index contributed by atoms with van der Waals surface area (Å²) >= 11 is 12.0. The van der Waals surface area contributed by atoms with E-state index in [1.807, 2.05) is 11.0 Å². The lowest BCUT2D eigenvalue weighted by Gasteiger charge is -2.32. The molecule has 32 heavy (non-hydrogen) atoms. The average Bonchev–Trinajstić information content (AvgIpc) is 2.99. The van der Waals surface area contributed by atoms with Crippen molar-refractivity contribution in [2.45, 2.75) is 38.2 Å². The number of carbonyl (C=O) groups is 2. The summed E-state index contributed by atoms with van der Waals surface area (Å²) in [6.07, 6.45) is 8.36. The van der Waals surface area contributed by atoms with E-state index in [4.69, 9.17) is 27.9 Å². The summed E-state index contributed by atoms with van der Waals surface area (Å²) in [6.45, 7) is 5.53. The van der Waals surface area contributed by atoms with Gasteiger partial charge in [-0.15, -0.1) is 0 Å². The van der Waals surface area contributed by atoms with Gasteiger partial charge in [-0.05, 0) is 62.5 Å². The maximum atomic E-state index is 12.6. The molecule has 2 saturated heterocycles. The van der Waals surface area contributed by atoms with Crippen molar-refractivity contribution < 1.29 is 14.3 Å². The molecule has 1 aromatic rings. The third-order valence-electron chi connectivity index (χ3n) is 6.21. The van der Waals surface area contributed by atoms with Gasteiger partial charge in [-0.1, -0.05) is 29.3 Å². The van der Waals surface area contributed by atoms with Gasteiger partial charge in [-0.2, -0.15) is 0 Å². The summed E-state index contributed by atoms with van der Waals surface area (Å²) in [7, 11) is 1.79. The van der Waals surface area contributed by atoms with Gasteiger partial charge in [0.25, 0.3) is 0 Å².